The molecule has 1 atom stereocenters. The van der Waals surface area contributed by atoms with Crippen molar-refractivity contribution in [2.24, 2.45) is 5.92 Å². The quantitative estimate of drug-likeness (QED) is 0.881. The number of hydrogen-bond acceptors (Lipinski definition) is 4. The van der Waals surface area contributed by atoms with Crippen LogP contribution in [-0.2, 0) is 9.53 Å². The molecule has 0 aliphatic carbocycles. The van der Waals surface area contributed by atoms with E-state index < -0.39 is 17.9 Å². The van der Waals surface area contributed by atoms with Crippen molar-refractivity contribution < 1.29 is 18.7 Å². The first-order chi connectivity index (χ1) is 9.92. The van der Waals surface area contributed by atoms with Gasteiger partial charge in [0.25, 0.3) is 5.91 Å². The zero-order valence-electron chi connectivity index (χ0n) is 12.0. The number of furan rings is 1. The minimum Gasteiger partial charge on any atom is -0.467 e. The molecule has 1 unspecified atom stereocenters. The van der Waals surface area contributed by atoms with Gasteiger partial charge in [-0.25, -0.2) is 4.79 Å². The lowest BCUT2D eigenvalue weighted by atomic mass is 10.0. The van der Waals surface area contributed by atoms with Crippen molar-refractivity contribution in [3.05, 3.63) is 35.0 Å². The highest BCUT2D eigenvalue weighted by atomic mass is 35.5. The average molecular weight is 310 g/mol. The van der Waals surface area contributed by atoms with Crippen molar-refractivity contribution in [2.75, 3.05) is 7.11 Å². The Labute approximate surface area is 127 Å². The summed E-state index contributed by atoms with van der Waals surface area (Å²) in [6.45, 7) is 3.64. The van der Waals surface area contributed by atoms with Gasteiger partial charge >= 0.3 is 5.97 Å². The molecule has 0 aliphatic heterocycles. The van der Waals surface area contributed by atoms with Gasteiger partial charge in [-0.3, -0.25) is 4.79 Å². The molecule has 1 aromatic carbocycles. The first-order valence-electron chi connectivity index (χ1n) is 6.50. The van der Waals surface area contributed by atoms with Gasteiger partial charge in [-0.15, -0.1) is 0 Å². The summed E-state index contributed by atoms with van der Waals surface area (Å²) in [5, 5.41) is 3.91. The van der Waals surface area contributed by atoms with Gasteiger partial charge in [-0.2, -0.15) is 0 Å². The molecule has 0 spiro atoms. The SMILES string of the molecule is COC(=O)C(NC(=O)c1cc2cc(Cl)ccc2o1)C(C)C. The third-order valence-electron chi connectivity index (χ3n) is 3.11. The second kappa shape index (κ2) is 6.18. The maximum Gasteiger partial charge on any atom is 0.328 e. The molecule has 2 aromatic rings. The lowest BCUT2D eigenvalue weighted by Crippen LogP contribution is -2.44. The van der Waals surface area contributed by atoms with E-state index in [0.717, 1.165) is 5.39 Å². The Morgan fingerprint density at radius 2 is 2.00 bits per heavy atom. The maximum atomic E-state index is 12.2. The van der Waals surface area contributed by atoms with E-state index in [2.05, 4.69) is 10.1 Å². The minimum absolute atomic E-state index is 0.0970. The van der Waals surface area contributed by atoms with Gasteiger partial charge < -0.3 is 14.5 Å². The number of carbonyl (C=O) groups is 2. The first-order valence-corrected chi connectivity index (χ1v) is 6.88. The summed E-state index contributed by atoms with van der Waals surface area (Å²) in [5.41, 5.74) is 0.559. The Morgan fingerprint density at radius 1 is 1.29 bits per heavy atom. The summed E-state index contributed by atoms with van der Waals surface area (Å²) in [6, 6.07) is 5.94. The molecule has 2 rings (SSSR count). The molecule has 21 heavy (non-hydrogen) atoms. The second-order valence-corrected chi connectivity index (χ2v) is 5.45. The van der Waals surface area contributed by atoms with Crippen molar-refractivity contribution in [1.82, 2.24) is 5.32 Å². The Bertz CT molecular complexity index is 677. The Morgan fingerprint density at radius 3 is 2.62 bits per heavy atom. The Kier molecular flexibility index (Phi) is 4.53. The molecule has 1 heterocycles. The highest BCUT2D eigenvalue weighted by molar-refractivity contribution is 6.31. The number of fused-ring (bicyclic) bond motifs is 1. The largest absolute Gasteiger partial charge is 0.467 e. The van der Waals surface area contributed by atoms with Gasteiger partial charge in [-0.05, 0) is 30.2 Å². The van der Waals surface area contributed by atoms with Gasteiger partial charge in [0.05, 0.1) is 7.11 Å². The van der Waals surface area contributed by atoms with Crippen LogP contribution in [0.5, 0.6) is 0 Å². The summed E-state index contributed by atoms with van der Waals surface area (Å²) in [7, 11) is 1.28. The van der Waals surface area contributed by atoms with Crippen molar-refractivity contribution in [3.63, 3.8) is 0 Å². The number of nitrogens with one attached hydrogen (secondary N) is 1. The maximum absolute atomic E-state index is 12.2. The minimum atomic E-state index is -0.723. The number of amides is 1. The number of ether oxygens (including phenoxy) is 1. The number of carbonyl (C=O) groups excluding carboxylic acids is 2. The van der Waals surface area contributed by atoms with Crippen LogP contribution in [0.25, 0.3) is 11.0 Å². The van der Waals surface area contributed by atoms with Crippen LogP contribution in [0.1, 0.15) is 24.4 Å². The molecular formula is C15H16ClNO4. The van der Waals surface area contributed by atoms with Gasteiger partial charge in [0, 0.05) is 10.4 Å². The van der Waals surface area contributed by atoms with E-state index in [-0.39, 0.29) is 11.7 Å². The summed E-state index contributed by atoms with van der Waals surface area (Å²) in [4.78, 5) is 23.8. The highest BCUT2D eigenvalue weighted by Crippen LogP contribution is 2.23. The number of rotatable bonds is 4. The highest BCUT2D eigenvalue weighted by Gasteiger charge is 2.26. The predicted octanol–water partition coefficient (Wildman–Crippen LogP) is 3.01. The van der Waals surface area contributed by atoms with Gasteiger partial charge in [0.15, 0.2) is 5.76 Å². The number of hydrogen-bond donors (Lipinski definition) is 1. The molecule has 1 N–H and O–H groups in total. The van der Waals surface area contributed by atoms with Crippen LogP contribution in [0.15, 0.2) is 28.7 Å². The number of esters is 1. The third kappa shape index (κ3) is 3.36. The molecule has 6 heteroatoms. The molecule has 5 nitrogen and oxygen atoms in total. The van der Waals surface area contributed by atoms with Crippen molar-refractivity contribution in [2.45, 2.75) is 19.9 Å². The molecule has 0 bridgehead atoms. The summed E-state index contributed by atoms with van der Waals surface area (Å²) in [5.74, 6) is -0.925. The molecule has 0 aliphatic rings. The molecule has 1 aromatic heterocycles. The smallest absolute Gasteiger partial charge is 0.328 e. The lowest BCUT2D eigenvalue weighted by Gasteiger charge is -2.18. The van der Waals surface area contributed by atoms with Crippen LogP contribution in [0.3, 0.4) is 0 Å². The zero-order valence-corrected chi connectivity index (χ0v) is 12.7. The van der Waals surface area contributed by atoms with E-state index in [1.54, 1.807) is 24.3 Å². The van der Waals surface area contributed by atoms with E-state index in [9.17, 15) is 9.59 Å². The fourth-order valence-corrected chi connectivity index (χ4v) is 2.14. The topological polar surface area (TPSA) is 68.5 Å². The standard InChI is InChI=1S/C15H16ClNO4/c1-8(2)13(15(19)20-3)17-14(18)12-7-9-6-10(16)4-5-11(9)21-12/h4-8,13H,1-3H3,(H,17,18). The Balaban J connectivity index is 2.23. The summed E-state index contributed by atoms with van der Waals surface area (Å²) >= 11 is 5.89. The van der Waals surface area contributed by atoms with E-state index in [4.69, 9.17) is 16.0 Å². The number of benzene rings is 1. The second-order valence-electron chi connectivity index (χ2n) is 5.01. The monoisotopic (exact) mass is 309 g/mol. The van der Waals surface area contributed by atoms with E-state index in [1.165, 1.54) is 7.11 Å². The lowest BCUT2D eigenvalue weighted by molar-refractivity contribution is -0.144. The van der Waals surface area contributed by atoms with Crippen LogP contribution >= 0.6 is 11.6 Å². The van der Waals surface area contributed by atoms with Crippen LogP contribution in [-0.4, -0.2) is 25.0 Å². The van der Waals surface area contributed by atoms with E-state index in [0.29, 0.717) is 10.6 Å². The molecule has 0 radical (unpaired) electrons. The fraction of sp³-hybridized carbons (Fsp3) is 0.333. The molecular weight excluding hydrogens is 294 g/mol. The van der Waals surface area contributed by atoms with Gasteiger partial charge in [0.1, 0.15) is 11.6 Å². The fourth-order valence-electron chi connectivity index (χ4n) is 1.96. The van der Waals surface area contributed by atoms with Crippen LogP contribution in [0.2, 0.25) is 5.02 Å². The summed E-state index contributed by atoms with van der Waals surface area (Å²) in [6.07, 6.45) is 0. The number of methoxy groups -OCH3 is 1. The third-order valence-corrected chi connectivity index (χ3v) is 3.35. The molecule has 1 amide bonds. The van der Waals surface area contributed by atoms with Gasteiger partial charge in [0.2, 0.25) is 0 Å². The molecule has 0 saturated heterocycles. The van der Waals surface area contributed by atoms with Crippen LogP contribution < -0.4 is 5.32 Å². The van der Waals surface area contributed by atoms with Crippen LogP contribution in [0.4, 0.5) is 0 Å². The summed E-state index contributed by atoms with van der Waals surface area (Å²) < 4.78 is 10.1. The van der Waals surface area contributed by atoms with Crippen molar-refractivity contribution in [1.29, 1.82) is 0 Å². The van der Waals surface area contributed by atoms with Crippen molar-refractivity contribution in [3.8, 4) is 0 Å². The Hall–Kier alpha value is -2.01. The van der Waals surface area contributed by atoms with Crippen LogP contribution in [0, 0.1) is 5.92 Å². The van der Waals surface area contributed by atoms with E-state index >= 15 is 0 Å². The van der Waals surface area contributed by atoms with E-state index in [1.807, 2.05) is 13.8 Å². The zero-order chi connectivity index (χ0) is 15.6. The predicted molar refractivity (Wildman–Crippen MR) is 79.3 cm³/mol. The first kappa shape index (κ1) is 15.4. The van der Waals surface area contributed by atoms with Crippen molar-refractivity contribution >= 4 is 34.4 Å². The molecule has 112 valence electrons. The van der Waals surface area contributed by atoms with Gasteiger partial charge in [-0.1, -0.05) is 25.4 Å². The molecule has 0 fully saturated rings. The normalized spacial score (nSPS) is 12.4. The number of halogens is 1. The molecule has 0 saturated carbocycles. The average Bonchev–Trinajstić information content (AvgIpc) is 2.86.